The minimum absolute atomic E-state index is 0.0602. The summed E-state index contributed by atoms with van der Waals surface area (Å²) in [7, 11) is 0. The Morgan fingerprint density at radius 2 is 2.12 bits per heavy atom. The van der Waals surface area contributed by atoms with Gasteiger partial charge in [0.25, 0.3) is 0 Å². The molecule has 0 radical (unpaired) electrons. The molecule has 1 heterocycles. The Kier molecular flexibility index (Phi) is 2.42. The van der Waals surface area contributed by atoms with E-state index in [1.54, 1.807) is 6.07 Å². The fourth-order valence-corrected chi connectivity index (χ4v) is 1.91. The largest absolute Gasteiger partial charge is 0.489 e. The van der Waals surface area contributed by atoms with Crippen molar-refractivity contribution in [3.63, 3.8) is 0 Å². The fourth-order valence-electron chi connectivity index (χ4n) is 1.91. The summed E-state index contributed by atoms with van der Waals surface area (Å²) in [6.07, 6.45) is 0.595. The van der Waals surface area contributed by atoms with Crippen LogP contribution in [-0.2, 0) is 0 Å². The van der Waals surface area contributed by atoms with Gasteiger partial charge in [-0.3, -0.25) is 4.79 Å². The van der Waals surface area contributed by atoms with Crippen molar-refractivity contribution in [2.24, 2.45) is 0 Å². The minimum Gasteiger partial charge on any atom is -0.489 e. The lowest BCUT2D eigenvalue weighted by Gasteiger charge is -2.07. The van der Waals surface area contributed by atoms with E-state index in [2.05, 4.69) is 0 Å². The molecular formula is C12H12O4. The van der Waals surface area contributed by atoms with Crippen LogP contribution in [0.2, 0.25) is 0 Å². The second-order valence-corrected chi connectivity index (χ2v) is 4.02. The molecule has 0 amide bonds. The van der Waals surface area contributed by atoms with Crippen LogP contribution in [0.4, 0.5) is 0 Å². The highest BCUT2D eigenvalue weighted by atomic mass is 16.5. The summed E-state index contributed by atoms with van der Waals surface area (Å²) in [5, 5.41) is 9.05. The van der Waals surface area contributed by atoms with Gasteiger partial charge in [0.15, 0.2) is 0 Å². The molecular weight excluding hydrogens is 208 g/mol. The normalized spacial score (nSPS) is 22.4. The number of rotatable bonds is 2. The molecule has 84 valence electrons. The molecule has 0 fully saturated rings. The van der Waals surface area contributed by atoms with Crippen LogP contribution >= 0.6 is 0 Å². The van der Waals surface area contributed by atoms with Crippen LogP contribution in [0.5, 0.6) is 5.75 Å². The van der Waals surface area contributed by atoms with Crippen molar-refractivity contribution in [1.82, 2.24) is 0 Å². The fraction of sp³-hybridized carbons (Fsp3) is 0.333. The van der Waals surface area contributed by atoms with E-state index >= 15 is 0 Å². The summed E-state index contributed by atoms with van der Waals surface area (Å²) in [4.78, 5) is 21.8. The van der Waals surface area contributed by atoms with Crippen molar-refractivity contribution in [3.05, 3.63) is 28.8 Å². The highest BCUT2D eigenvalue weighted by molar-refractivity contribution is 5.94. The maximum atomic E-state index is 11.0. The van der Waals surface area contributed by atoms with Crippen molar-refractivity contribution in [3.8, 4) is 5.75 Å². The Labute approximate surface area is 92.8 Å². The summed E-state index contributed by atoms with van der Waals surface area (Å²) in [5.74, 6) is -0.563. The zero-order valence-electron chi connectivity index (χ0n) is 9.06. The molecule has 0 aliphatic carbocycles. The van der Waals surface area contributed by atoms with Crippen LogP contribution in [0.1, 0.15) is 46.0 Å². The van der Waals surface area contributed by atoms with Crippen LogP contribution in [0.15, 0.2) is 12.1 Å². The number of carboxylic acid groups (broad SMARTS) is 1. The number of fused-ring (bicyclic) bond motifs is 1. The number of carbonyl (C=O) groups is 2. The average Bonchev–Trinajstić information content (AvgIpc) is 2.54. The zero-order valence-corrected chi connectivity index (χ0v) is 9.06. The lowest BCUT2D eigenvalue weighted by molar-refractivity contribution is 0.0691. The molecule has 4 heteroatoms. The predicted octanol–water partition coefficient (Wildman–Crippen LogP) is 2.08. The molecule has 0 spiro atoms. The molecule has 2 rings (SSSR count). The zero-order chi connectivity index (χ0) is 11.9. The lowest BCUT2D eigenvalue weighted by Crippen LogP contribution is -2.11. The SMILES string of the molecule is CC1Oc2c(C(=O)O)cc(C=O)cc2C1C. The Morgan fingerprint density at radius 1 is 1.44 bits per heavy atom. The maximum Gasteiger partial charge on any atom is 0.339 e. The van der Waals surface area contributed by atoms with Crippen molar-refractivity contribution >= 4 is 12.3 Å². The first-order valence-electron chi connectivity index (χ1n) is 5.07. The molecule has 1 N–H and O–H groups in total. The van der Waals surface area contributed by atoms with E-state index in [4.69, 9.17) is 9.84 Å². The quantitative estimate of drug-likeness (QED) is 0.775. The highest BCUT2D eigenvalue weighted by Gasteiger charge is 2.31. The Bertz CT molecular complexity index is 464. The second kappa shape index (κ2) is 3.63. The minimum atomic E-state index is -1.07. The topological polar surface area (TPSA) is 63.6 Å². The molecule has 1 aromatic rings. The number of benzene rings is 1. The number of aldehydes is 1. The van der Waals surface area contributed by atoms with Gasteiger partial charge in [0.2, 0.25) is 0 Å². The van der Waals surface area contributed by atoms with Crippen LogP contribution in [0, 0.1) is 0 Å². The summed E-state index contributed by atoms with van der Waals surface area (Å²) in [6.45, 7) is 3.84. The lowest BCUT2D eigenvalue weighted by atomic mass is 9.95. The molecule has 1 aliphatic rings. The van der Waals surface area contributed by atoms with Gasteiger partial charge in [0, 0.05) is 17.0 Å². The molecule has 1 aliphatic heterocycles. The van der Waals surface area contributed by atoms with Crippen molar-refractivity contribution in [1.29, 1.82) is 0 Å². The predicted molar refractivity (Wildman–Crippen MR) is 57.3 cm³/mol. The first-order valence-corrected chi connectivity index (χ1v) is 5.07. The average molecular weight is 220 g/mol. The third-order valence-corrected chi connectivity index (χ3v) is 3.00. The van der Waals surface area contributed by atoms with Gasteiger partial charge in [0.1, 0.15) is 23.7 Å². The maximum absolute atomic E-state index is 11.0. The Hall–Kier alpha value is -1.84. The second-order valence-electron chi connectivity index (χ2n) is 4.02. The smallest absolute Gasteiger partial charge is 0.339 e. The van der Waals surface area contributed by atoms with Gasteiger partial charge >= 0.3 is 5.97 Å². The molecule has 0 aromatic heterocycles. The highest BCUT2D eigenvalue weighted by Crippen LogP contribution is 2.40. The number of hydrogen-bond acceptors (Lipinski definition) is 3. The molecule has 0 bridgehead atoms. The van der Waals surface area contributed by atoms with Gasteiger partial charge in [-0.25, -0.2) is 4.79 Å². The number of carbonyl (C=O) groups excluding carboxylic acids is 1. The van der Waals surface area contributed by atoms with Crippen molar-refractivity contribution < 1.29 is 19.4 Å². The van der Waals surface area contributed by atoms with Crippen LogP contribution in [0.25, 0.3) is 0 Å². The third-order valence-electron chi connectivity index (χ3n) is 3.00. The monoisotopic (exact) mass is 220 g/mol. The van der Waals surface area contributed by atoms with E-state index in [1.165, 1.54) is 6.07 Å². The van der Waals surface area contributed by atoms with Crippen LogP contribution < -0.4 is 4.74 Å². The summed E-state index contributed by atoms with van der Waals surface area (Å²) >= 11 is 0. The van der Waals surface area contributed by atoms with E-state index in [9.17, 15) is 9.59 Å². The Balaban J connectivity index is 2.65. The standard InChI is InChI=1S/C12H12O4/c1-6-7(2)16-11-9(6)3-8(5-13)4-10(11)12(14)15/h3-7H,1-2H3,(H,14,15). The van der Waals surface area contributed by atoms with E-state index in [0.29, 0.717) is 17.6 Å². The third kappa shape index (κ3) is 1.46. The Morgan fingerprint density at radius 3 is 2.69 bits per heavy atom. The molecule has 16 heavy (non-hydrogen) atoms. The molecule has 0 saturated heterocycles. The van der Waals surface area contributed by atoms with Gasteiger partial charge in [0.05, 0.1) is 0 Å². The molecule has 4 nitrogen and oxygen atoms in total. The van der Waals surface area contributed by atoms with Gasteiger partial charge in [-0.05, 0) is 19.1 Å². The molecule has 2 unspecified atom stereocenters. The molecule has 2 atom stereocenters. The van der Waals surface area contributed by atoms with Gasteiger partial charge in [-0.15, -0.1) is 0 Å². The first kappa shape index (κ1) is 10.7. The van der Waals surface area contributed by atoms with Gasteiger partial charge in [-0.2, -0.15) is 0 Å². The number of hydrogen-bond donors (Lipinski definition) is 1. The van der Waals surface area contributed by atoms with Gasteiger partial charge < -0.3 is 9.84 Å². The number of aromatic carboxylic acids is 1. The molecule has 1 aromatic carbocycles. The van der Waals surface area contributed by atoms with E-state index in [0.717, 1.165) is 5.56 Å². The number of carboxylic acids is 1. The summed E-state index contributed by atoms with van der Waals surface area (Å²) in [6, 6.07) is 3.04. The van der Waals surface area contributed by atoms with E-state index in [-0.39, 0.29) is 17.6 Å². The first-order chi connectivity index (χ1) is 7.54. The van der Waals surface area contributed by atoms with E-state index in [1.807, 2.05) is 13.8 Å². The number of ether oxygens (including phenoxy) is 1. The van der Waals surface area contributed by atoms with Crippen molar-refractivity contribution in [2.75, 3.05) is 0 Å². The van der Waals surface area contributed by atoms with Crippen molar-refractivity contribution in [2.45, 2.75) is 25.9 Å². The summed E-state index contributed by atoms with van der Waals surface area (Å²) < 4.78 is 5.51. The van der Waals surface area contributed by atoms with Crippen LogP contribution in [0.3, 0.4) is 0 Å². The van der Waals surface area contributed by atoms with Crippen LogP contribution in [-0.4, -0.2) is 23.5 Å². The summed E-state index contributed by atoms with van der Waals surface area (Å²) in [5.41, 5.74) is 1.24. The molecule has 0 saturated carbocycles. The van der Waals surface area contributed by atoms with E-state index < -0.39 is 5.97 Å². The van der Waals surface area contributed by atoms with Gasteiger partial charge in [-0.1, -0.05) is 6.92 Å².